The standard InChI is InChI=1S/C39H53N5O3/c1-8-34(42-27(5)12-9-10-20-41-38(45)37(25(2)3)44-39(46)47-7)33-19-18-29-22-30(16-17-31(29)23-33)32-15-14-26(4)36(24-32)43-28(6)35-13-11-21-40-35/h8,14-19,22-25,27,35,37,40,42-43H,6,9-13,20-21H2,1-5,7H3,(H,41,45)(H,44,46)/b34-8-. The molecule has 1 aliphatic rings. The minimum Gasteiger partial charge on any atom is -0.453 e. The summed E-state index contributed by atoms with van der Waals surface area (Å²) in [7, 11) is 1.29. The predicted molar refractivity (Wildman–Crippen MR) is 195 cm³/mol. The van der Waals surface area contributed by atoms with Gasteiger partial charge in [0.25, 0.3) is 0 Å². The molecule has 1 saturated heterocycles. The van der Waals surface area contributed by atoms with Crippen LogP contribution in [-0.2, 0) is 9.53 Å². The number of anilines is 1. The summed E-state index contributed by atoms with van der Waals surface area (Å²) in [4.78, 5) is 24.1. The molecule has 2 amide bonds. The van der Waals surface area contributed by atoms with E-state index in [-0.39, 0.29) is 17.9 Å². The minimum absolute atomic E-state index is 0.0382. The molecule has 0 saturated carbocycles. The number of ether oxygens (including phenoxy) is 1. The van der Waals surface area contributed by atoms with Crippen LogP contribution in [-0.4, -0.2) is 50.3 Å². The first kappa shape index (κ1) is 35.6. The number of alkyl carbamates (subject to hydrolysis) is 1. The molecule has 1 fully saturated rings. The lowest BCUT2D eigenvalue weighted by molar-refractivity contribution is -0.124. The first-order valence-corrected chi connectivity index (χ1v) is 17.0. The summed E-state index contributed by atoms with van der Waals surface area (Å²) in [5, 5.41) is 18.7. The first-order chi connectivity index (χ1) is 22.6. The Hall–Kier alpha value is -4.30. The summed E-state index contributed by atoms with van der Waals surface area (Å²) < 4.78 is 4.65. The number of rotatable bonds is 15. The van der Waals surface area contributed by atoms with E-state index in [0.29, 0.717) is 12.6 Å². The van der Waals surface area contributed by atoms with Gasteiger partial charge in [0.1, 0.15) is 6.04 Å². The van der Waals surface area contributed by atoms with Crippen LogP contribution < -0.4 is 26.6 Å². The van der Waals surface area contributed by atoms with Gasteiger partial charge in [-0.1, -0.05) is 62.9 Å². The van der Waals surface area contributed by atoms with Gasteiger partial charge in [0.15, 0.2) is 0 Å². The van der Waals surface area contributed by atoms with E-state index >= 15 is 0 Å². The smallest absolute Gasteiger partial charge is 0.407 e. The second-order valence-corrected chi connectivity index (χ2v) is 13.0. The average Bonchev–Trinajstić information content (AvgIpc) is 3.61. The van der Waals surface area contributed by atoms with Crippen LogP contribution in [0.3, 0.4) is 0 Å². The fraction of sp³-hybridized carbons (Fsp3) is 0.436. The molecule has 0 aliphatic carbocycles. The Kier molecular flexibility index (Phi) is 12.9. The minimum atomic E-state index is -0.614. The average molecular weight is 640 g/mol. The Balaban J connectivity index is 1.31. The molecule has 1 aliphatic heterocycles. The number of carbonyl (C=O) groups is 2. The van der Waals surface area contributed by atoms with E-state index in [2.05, 4.69) is 119 Å². The van der Waals surface area contributed by atoms with Gasteiger partial charge in [0, 0.05) is 35.7 Å². The molecule has 252 valence electrons. The Morgan fingerprint density at radius 2 is 1.72 bits per heavy atom. The zero-order valence-corrected chi connectivity index (χ0v) is 29.0. The number of aryl methyl sites for hydroxylation is 1. The fourth-order valence-electron chi connectivity index (χ4n) is 6.06. The van der Waals surface area contributed by atoms with Gasteiger partial charge in [-0.2, -0.15) is 0 Å². The second-order valence-electron chi connectivity index (χ2n) is 13.0. The molecule has 4 rings (SSSR count). The van der Waals surface area contributed by atoms with Gasteiger partial charge in [-0.3, -0.25) is 4.79 Å². The van der Waals surface area contributed by atoms with Crippen molar-refractivity contribution in [2.24, 2.45) is 5.92 Å². The molecule has 47 heavy (non-hydrogen) atoms. The third-order valence-electron chi connectivity index (χ3n) is 8.96. The maximum Gasteiger partial charge on any atom is 0.407 e. The van der Waals surface area contributed by atoms with Gasteiger partial charge in [0.05, 0.1) is 7.11 Å². The van der Waals surface area contributed by atoms with Crippen molar-refractivity contribution in [1.29, 1.82) is 0 Å². The van der Waals surface area contributed by atoms with Crippen LogP contribution in [0.1, 0.15) is 70.9 Å². The number of hydrogen-bond acceptors (Lipinski definition) is 6. The highest BCUT2D eigenvalue weighted by Gasteiger charge is 2.24. The number of amides is 2. The van der Waals surface area contributed by atoms with Gasteiger partial charge >= 0.3 is 6.09 Å². The Morgan fingerprint density at radius 3 is 2.43 bits per heavy atom. The topological polar surface area (TPSA) is 104 Å². The van der Waals surface area contributed by atoms with Crippen molar-refractivity contribution in [2.45, 2.75) is 84.8 Å². The molecule has 8 nitrogen and oxygen atoms in total. The molecule has 3 unspecified atom stereocenters. The predicted octanol–water partition coefficient (Wildman–Crippen LogP) is 7.50. The van der Waals surface area contributed by atoms with E-state index in [1.54, 1.807) is 0 Å². The molecule has 0 radical (unpaired) electrons. The highest BCUT2D eigenvalue weighted by Crippen LogP contribution is 2.30. The number of benzene rings is 3. The zero-order valence-electron chi connectivity index (χ0n) is 29.0. The lowest BCUT2D eigenvalue weighted by Gasteiger charge is -2.21. The van der Waals surface area contributed by atoms with Crippen molar-refractivity contribution in [3.8, 4) is 11.1 Å². The molecule has 3 atom stereocenters. The Labute approximate surface area is 280 Å². The van der Waals surface area contributed by atoms with Crippen LogP contribution >= 0.6 is 0 Å². The molecule has 8 heteroatoms. The number of nitrogens with one attached hydrogen (secondary N) is 5. The summed E-state index contributed by atoms with van der Waals surface area (Å²) in [6.07, 6.45) is 6.63. The van der Waals surface area contributed by atoms with Gasteiger partial charge < -0.3 is 31.3 Å². The largest absolute Gasteiger partial charge is 0.453 e. The Bertz CT molecular complexity index is 1570. The van der Waals surface area contributed by atoms with Crippen molar-refractivity contribution in [1.82, 2.24) is 21.3 Å². The van der Waals surface area contributed by atoms with E-state index < -0.39 is 12.1 Å². The van der Waals surface area contributed by atoms with Crippen molar-refractivity contribution >= 4 is 34.2 Å². The quantitative estimate of drug-likeness (QED) is 0.110. The molecular weight excluding hydrogens is 586 g/mol. The Morgan fingerprint density at radius 1 is 1.00 bits per heavy atom. The van der Waals surface area contributed by atoms with Crippen LogP contribution in [0.15, 0.2) is 72.9 Å². The molecule has 5 N–H and O–H groups in total. The monoisotopic (exact) mass is 639 g/mol. The SMILES string of the molecule is C=C(Nc1cc(-c2ccc3cc(/C(=C/C)NC(C)CCCCNC(=O)C(NC(=O)OC)C(C)C)ccc3c2)ccc1C)C1CCCN1. The number of allylic oxidation sites excluding steroid dienone is 1. The van der Waals surface area contributed by atoms with E-state index in [1.807, 2.05) is 13.8 Å². The van der Waals surface area contributed by atoms with E-state index in [0.717, 1.165) is 54.9 Å². The summed E-state index contributed by atoms with van der Waals surface area (Å²) in [5.74, 6) is -0.223. The van der Waals surface area contributed by atoms with Crippen molar-refractivity contribution in [2.75, 3.05) is 25.5 Å². The lowest BCUT2D eigenvalue weighted by atomic mass is 9.97. The number of unbranched alkanes of at least 4 members (excludes halogenated alkanes) is 1. The highest BCUT2D eigenvalue weighted by atomic mass is 16.5. The molecule has 3 aromatic rings. The van der Waals surface area contributed by atoms with Gasteiger partial charge in [0.2, 0.25) is 5.91 Å². The lowest BCUT2D eigenvalue weighted by Crippen LogP contribution is -2.49. The third-order valence-corrected chi connectivity index (χ3v) is 8.96. The summed E-state index contributed by atoms with van der Waals surface area (Å²) in [5.41, 5.74) is 7.97. The van der Waals surface area contributed by atoms with Crippen LogP contribution in [0.2, 0.25) is 0 Å². The zero-order chi connectivity index (χ0) is 33.9. The molecule has 0 bridgehead atoms. The number of fused-ring (bicyclic) bond motifs is 1. The van der Waals surface area contributed by atoms with Crippen LogP contribution in [0.25, 0.3) is 27.6 Å². The number of carbonyl (C=O) groups excluding carboxylic acids is 2. The number of methoxy groups -OCH3 is 1. The van der Waals surface area contributed by atoms with Crippen LogP contribution in [0, 0.1) is 12.8 Å². The molecule has 0 aromatic heterocycles. The van der Waals surface area contributed by atoms with Crippen LogP contribution in [0.5, 0.6) is 0 Å². The third kappa shape index (κ3) is 9.85. The molecular formula is C39H53N5O3. The van der Waals surface area contributed by atoms with Crippen molar-refractivity contribution < 1.29 is 14.3 Å². The number of hydrogen-bond donors (Lipinski definition) is 5. The first-order valence-electron chi connectivity index (χ1n) is 17.0. The van der Waals surface area contributed by atoms with Crippen LogP contribution in [0.4, 0.5) is 10.5 Å². The second kappa shape index (κ2) is 17.0. The van der Waals surface area contributed by atoms with Gasteiger partial charge in [-0.15, -0.1) is 0 Å². The van der Waals surface area contributed by atoms with Gasteiger partial charge in [-0.25, -0.2) is 4.79 Å². The summed E-state index contributed by atoms with van der Waals surface area (Å²) in [6.45, 7) is 16.1. The maximum absolute atomic E-state index is 12.6. The van der Waals surface area contributed by atoms with Crippen molar-refractivity contribution in [3.63, 3.8) is 0 Å². The summed E-state index contributed by atoms with van der Waals surface area (Å²) >= 11 is 0. The molecule has 3 aromatic carbocycles. The van der Waals surface area contributed by atoms with E-state index in [9.17, 15) is 9.59 Å². The van der Waals surface area contributed by atoms with Gasteiger partial charge in [-0.05, 0) is 117 Å². The van der Waals surface area contributed by atoms with E-state index in [4.69, 9.17) is 0 Å². The highest BCUT2D eigenvalue weighted by molar-refractivity contribution is 5.90. The fourth-order valence-corrected chi connectivity index (χ4v) is 6.06. The maximum atomic E-state index is 12.6. The van der Waals surface area contributed by atoms with E-state index in [1.165, 1.54) is 41.0 Å². The normalized spacial score (nSPS) is 16.1. The molecule has 1 heterocycles. The van der Waals surface area contributed by atoms with Crippen molar-refractivity contribution in [3.05, 3.63) is 84.1 Å². The molecule has 0 spiro atoms. The summed E-state index contributed by atoms with van der Waals surface area (Å²) in [6, 6.07) is 19.9.